The van der Waals surface area contributed by atoms with Crippen molar-refractivity contribution >= 4 is 108 Å². The zero-order valence-corrected chi connectivity index (χ0v) is 33.2. The highest BCUT2D eigenvalue weighted by Gasteiger charge is 2.36. The van der Waals surface area contributed by atoms with E-state index in [0.717, 1.165) is 23.6 Å². The van der Waals surface area contributed by atoms with E-state index in [2.05, 4.69) is 198 Å². The molecule has 1 aliphatic heterocycles. The molecule has 12 aromatic rings. The van der Waals surface area contributed by atoms with Gasteiger partial charge in [-0.15, -0.1) is 11.3 Å². The maximum absolute atomic E-state index is 5.65. The lowest BCUT2D eigenvalue weighted by molar-refractivity contribution is 0.566. The first kappa shape index (κ1) is 33.0. The molecule has 59 heavy (non-hydrogen) atoms. The molecule has 0 bridgehead atoms. The fraction of sp³-hybridized carbons (Fsp3) is 0.0727. The first-order valence-electron chi connectivity index (χ1n) is 20.7. The SMILES string of the molecule is CCC1C(n2c3ccc(-n4c5ccccc5c5c6ccccc6ccc54)cc3c3c4ccccc4ccc32)=Nc2ccccc2C1c1ccc2c(c1)sc1ccccc12. The van der Waals surface area contributed by atoms with Gasteiger partial charge in [-0.1, -0.05) is 134 Å². The van der Waals surface area contributed by atoms with Gasteiger partial charge in [0.25, 0.3) is 0 Å². The van der Waals surface area contributed by atoms with Crippen molar-refractivity contribution in [2.75, 3.05) is 0 Å². The van der Waals surface area contributed by atoms with E-state index in [9.17, 15) is 0 Å². The third-order valence-electron chi connectivity index (χ3n) is 13.1. The van der Waals surface area contributed by atoms with E-state index >= 15 is 0 Å². The number of para-hydroxylation sites is 2. The number of aromatic nitrogens is 2. The summed E-state index contributed by atoms with van der Waals surface area (Å²) >= 11 is 1.90. The number of nitrogens with zero attached hydrogens (tertiary/aromatic N) is 3. The van der Waals surface area contributed by atoms with Crippen LogP contribution in [-0.2, 0) is 0 Å². The molecule has 0 radical (unpaired) electrons. The molecule has 0 aliphatic carbocycles. The number of benzene rings is 9. The minimum absolute atomic E-state index is 0.146. The fourth-order valence-electron chi connectivity index (χ4n) is 10.6. The Bertz CT molecular complexity index is 3750. The second-order valence-corrected chi connectivity index (χ2v) is 17.2. The molecule has 1 aliphatic rings. The predicted molar refractivity (Wildman–Crippen MR) is 253 cm³/mol. The molecule has 0 fully saturated rings. The third kappa shape index (κ3) is 4.66. The van der Waals surface area contributed by atoms with Crippen molar-refractivity contribution in [2.24, 2.45) is 10.9 Å². The van der Waals surface area contributed by atoms with E-state index in [1.807, 2.05) is 11.3 Å². The van der Waals surface area contributed by atoms with Crippen LogP contribution in [0, 0.1) is 5.92 Å². The van der Waals surface area contributed by atoms with Crippen LogP contribution < -0.4 is 0 Å². The van der Waals surface area contributed by atoms with Gasteiger partial charge in [0.15, 0.2) is 0 Å². The molecule has 278 valence electrons. The van der Waals surface area contributed by atoms with Crippen molar-refractivity contribution in [3.63, 3.8) is 0 Å². The molecule has 0 saturated carbocycles. The summed E-state index contributed by atoms with van der Waals surface area (Å²) in [4.78, 5) is 5.65. The number of fused-ring (bicyclic) bond motifs is 14. The van der Waals surface area contributed by atoms with E-state index in [-0.39, 0.29) is 11.8 Å². The van der Waals surface area contributed by atoms with Gasteiger partial charge in [0.2, 0.25) is 0 Å². The number of thiophene rings is 1. The minimum atomic E-state index is 0.146. The summed E-state index contributed by atoms with van der Waals surface area (Å²) in [6.45, 7) is 2.34. The van der Waals surface area contributed by atoms with Crippen molar-refractivity contribution in [2.45, 2.75) is 19.3 Å². The first-order chi connectivity index (χ1) is 29.2. The Balaban J connectivity index is 1.08. The minimum Gasteiger partial charge on any atom is -0.309 e. The Labute approximate surface area is 344 Å². The average Bonchev–Trinajstić information content (AvgIpc) is 3.95. The molecule has 9 aromatic carbocycles. The van der Waals surface area contributed by atoms with Gasteiger partial charge in [0.1, 0.15) is 5.84 Å². The van der Waals surface area contributed by atoms with Crippen molar-refractivity contribution in [1.29, 1.82) is 0 Å². The lowest BCUT2D eigenvalue weighted by Crippen LogP contribution is -2.31. The van der Waals surface area contributed by atoms with Crippen molar-refractivity contribution in [1.82, 2.24) is 9.13 Å². The summed E-state index contributed by atoms with van der Waals surface area (Å²) in [7, 11) is 0. The molecule has 0 amide bonds. The molecule has 3 aromatic heterocycles. The van der Waals surface area contributed by atoms with Gasteiger partial charge in [-0.25, -0.2) is 4.99 Å². The van der Waals surface area contributed by atoms with Crippen molar-refractivity contribution < 1.29 is 0 Å². The zero-order valence-electron chi connectivity index (χ0n) is 32.4. The third-order valence-corrected chi connectivity index (χ3v) is 14.3. The summed E-state index contributed by atoms with van der Waals surface area (Å²) in [5, 5.41) is 12.8. The average molecular weight is 772 g/mol. The Morgan fingerprint density at radius 1 is 0.475 bits per heavy atom. The normalized spacial score (nSPS) is 15.7. The van der Waals surface area contributed by atoms with Crippen LogP contribution in [-0.4, -0.2) is 15.0 Å². The lowest BCUT2D eigenvalue weighted by atomic mass is 9.76. The van der Waals surface area contributed by atoms with Crippen molar-refractivity contribution in [3.05, 3.63) is 193 Å². The maximum atomic E-state index is 5.65. The highest BCUT2D eigenvalue weighted by Crippen LogP contribution is 2.48. The van der Waals surface area contributed by atoms with E-state index in [0.29, 0.717) is 0 Å². The van der Waals surface area contributed by atoms with Crippen LogP contribution in [0.4, 0.5) is 5.69 Å². The summed E-state index contributed by atoms with van der Waals surface area (Å²) < 4.78 is 7.65. The second kappa shape index (κ2) is 12.5. The van der Waals surface area contributed by atoms with Gasteiger partial charge >= 0.3 is 0 Å². The summed E-state index contributed by atoms with van der Waals surface area (Å²) in [5.74, 6) is 1.41. The van der Waals surface area contributed by atoms with Crippen LogP contribution in [0.15, 0.2) is 187 Å². The van der Waals surface area contributed by atoms with Gasteiger partial charge in [0, 0.05) is 59.2 Å². The molecule has 4 heteroatoms. The number of aliphatic imine (C=N–C) groups is 1. The highest BCUT2D eigenvalue weighted by atomic mass is 32.1. The van der Waals surface area contributed by atoms with Crippen LogP contribution in [0.1, 0.15) is 30.4 Å². The maximum Gasteiger partial charge on any atom is 0.118 e. The van der Waals surface area contributed by atoms with Crippen LogP contribution in [0.25, 0.3) is 91.0 Å². The number of rotatable bonds is 3. The van der Waals surface area contributed by atoms with Crippen LogP contribution in [0.5, 0.6) is 0 Å². The number of hydrogen-bond donors (Lipinski definition) is 0. The van der Waals surface area contributed by atoms with Gasteiger partial charge in [0.05, 0.1) is 27.8 Å². The Morgan fingerprint density at radius 3 is 1.88 bits per heavy atom. The van der Waals surface area contributed by atoms with Crippen LogP contribution in [0.2, 0.25) is 0 Å². The molecule has 13 rings (SSSR count). The first-order valence-corrected chi connectivity index (χ1v) is 21.5. The Kier molecular flexibility index (Phi) is 6.99. The Morgan fingerprint density at radius 2 is 1.08 bits per heavy atom. The zero-order chi connectivity index (χ0) is 38.8. The molecule has 0 spiro atoms. The van der Waals surface area contributed by atoms with Gasteiger partial charge < -0.3 is 4.57 Å². The topological polar surface area (TPSA) is 22.2 Å². The van der Waals surface area contributed by atoms with Gasteiger partial charge in [-0.05, 0) is 93.7 Å². The molecule has 2 atom stereocenters. The molecule has 2 unspecified atom stereocenters. The predicted octanol–water partition coefficient (Wildman–Crippen LogP) is 15.3. The smallest absolute Gasteiger partial charge is 0.118 e. The quantitative estimate of drug-likeness (QED) is 0.171. The lowest BCUT2D eigenvalue weighted by Gasteiger charge is -2.34. The van der Waals surface area contributed by atoms with E-state index < -0.39 is 0 Å². The fourth-order valence-corrected chi connectivity index (χ4v) is 11.7. The molecule has 0 N–H and O–H groups in total. The van der Waals surface area contributed by atoms with Crippen LogP contribution in [0.3, 0.4) is 0 Å². The van der Waals surface area contributed by atoms with Gasteiger partial charge in [-0.3, -0.25) is 4.57 Å². The summed E-state index contributed by atoms with van der Waals surface area (Å²) in [5.41, 5.74) is 9.67. The highest BCUT2D eigenvalue weighted by molar-refractivity contribution is 7.25. The standard InChI is InChI=1S/C55H37N3S/c1-2-37-52(35-23-27-41-40-17-9-12-22-50(40)59-51(41)31-35)42-18-7-10-20-45(42)56-55(37)58-47-30-26-36(32-44(47)54-39-16-6-4-14-34(39)25-29-49(54)58)57-46-21-11-8-19-43(46)53-38-15-5-3-13-33(38)24-28-48(53)57/h3-32,37,52H,2H2,1H3. The molecule has 4 heterocycles. The monoisotopic (exact) mass is 771 g/mol. The van der Waals surface area contributed by atoms with Gasteiger partial charge in [-0.2, -0.15) is 0 Å². The summed E-state index contributed by atoms with van der Waals surface area (Å²) in [6, 6.07) is 67.6. The Hall–Kier alpha value is -7.01. The largest absolute Gasteiger partial charge is 0.309 e. The molecular formula is C55H37N3S. The van der Waals surface area contributed by atoms with E-state index in [4.69, 9.17) is 4.99 Å². The van der Waals surface area contributed by atoms with E-state index in [1.54, 1.807) is 0 Å². The van der Waals surface area contributed by atoms with Crippen LogP contribution >= 0.6 is 11.3 Å². The van der Waals surface area contributed by atoms with Crippen molar-refractivity contribution in [3.8, 4) is 5.69 Å². The molecule has 0 saturated heterocycles. The van der Waals surface area contributed by atoms with E-state index in [1.165, 1.54) is 96.5 Å². The molecular weight excluding hydrogens is 735 g/mol. The second-order valence-electron chi connectivity index (χ2n) is 16.1. The number of hydrogen-bond acceptors (Lipinski definition) is 2. The summed E-state index contributed by atoms with van der Waals surface area (Å²) in [6.07, 6.45) is 0.949. The molecule has 3 nitrogen and oxygen atoms in total.